The lowest BCUT2D eigenvalue weighted by molar-refractivity contribution is 0.0983. The number of nitrogens with zero attached hydrogens (tertiary/aromatic N) is 3. The third kappa shape index (κ3) is 4.20. The summed E-state index contributed by atoms with van der Waals surface area (Å²) in [5, 5.41) is 3.09. The predicted molar refractivity (Wildman–Crippen MR) is 109 cm³/mol. The van der Waals surface area contributed by atoms with E-state index in [0.717, 1.165) is 11.4 Å². The van der Waals surface area contributed by atoms with Crippen LogP contribution in [0.1, 0.15) is 17.4 Å². The van der Waals surface area contributed by atoms with Crippen molar-refractivity contribution in [1.82, 2.24) is 9.97 Å². The first kappa shape index (κ1) is 19.2. The molecular formula is C21H22N4O3. The van der Waals surface area contributed by atoms with E-state index in [1.165, 1.54) is 0 Å². The van der Waals surface area contributed by atoms with Crippen LogP contribution in [0.5, 0.6) is 11.5 Å². The zero-order valence-electron chi connectivity index (χ0n) is 16.0. The standard InChI is InChI=1S/C21H22N4O3/c1-4-25(16-8-6-5-7-9-16)20(26)17-12-13-22-21(24-17)23-15-10-11-18(27-2)19(14-15)28-3/h5-14H,4H2,1-3H3,(H,22,23,24). The molecule has 7 nitrogen and oxygen atoms in total. The van der Waals surface area contributed by atoms with Gasteiger partial charge in [0.1, 0.15) is 5.69 Å². The molecule has 0 saturated heterocycles. The maximum Gasteiger partial charge on any atom is 0.277 e. The number of anilines is 3. The molecule has 0 aliphatic carbocycles. The van der Waals surface area contributed by atoms with E-state index >= 15 is 0 Å². The molecule has 2 aromatic carbocycles. The highest BCUT2D eigenvalue weighted by molar-refractivity contribution is 6.04. The van der Waals surface area contributed by atoms with Crippen molar-refractivity contribution in [2.24, 2.45) is 0 Å². The Morgan fingerprint density at radius 3 is 2.46 bits per heavy atom. The molecule has 144 valence electrons. The van der Waals surface area contributed by atoms with E-state index in [0.29, 0.717) is 29.7 Å². The Bertz CT molecular complexity index is 947. The Morgan fingerprint density at radius 1 is 1.04 bits per heavy atom. The molecule has 0 fully saturated rings. The van der Waals surface area contributed by atoms with Crippen LogP contribution in [0.15, 0.2) is 60.8 Å². The van der Waals surface area contributed by atoms with Crippen molar-refractivity contribution in [3.63, 3.8) is 0 Å². The first-order valence-corrected chi connectivity index (χ1v) is 8.85. The molecule has 0 radical (unpaired) electrons. The fraction of sp³-hybridized carbons (Fsp3) is 0.190. The summed E-state index contributed by atoms with van der Waals surface area (Å²) in [6.45, 7) is 2.46. The fourth-order valence-electron chi connectivity index (χ4n) is 2.77. The van der Waals surface area contributed by atoms with E-state index in [2.05, 4.69) is 15.3 Å². The van der Waals surface area contributed by atoms with Crippen molar-refractivity contribution < 1.29 is 14.3 Å². The van der Waals surface area contributed by atoms with Crippen LogP contribution in [0.2, 0.25) is 0 Å². The number of hydrogen-bond acceptors (Lipinski definition) is 6. The van der Waals surface area contributed by atoms with Crippen molar-refractivity contribution in [1.29, 1.82) is 0 Å². The van der Waals surface area contributed by atoms with E-state index in [9.17, 15) is 4.79 Å². The molecule has 3 rings (SSSR count). The predicted octanol–water partition coefficient (Wildman–Crippen LogP) is 3.90. The molecule has 0 aliphatic rings. The van der Waals surface area contributed by atoms with Gasteiger partial charge in [0.05, 0.1) is 14.2 Å². The second kappa shape index (κ2) is 8.85. The SMILES string of the molecule is CCN(C(=O)c1ccnc(Nc2ccc(OC)c(OC)c2)n1)c1ccccc1. The quantitative estimate of drug-likeness (QED) is 0.672. The van der Waals surface area contributed by atoms with Gasteiger partial charge < -0.3 is 19.7 Å². The Morgan fingerprint density at radius 2 is 1.79 bits per heavy atom. The van der Waals surface area contributed by atoms with Gasteiger partial charge in [-0.1, -0.05) is 18.2 Å². The highest BCUT2D eigenvalue weighted by Crippen LogP contribution is 2.30. The second-order valence-electron chi connectivity index (χ2n) is 5.85. The van der Waals surface area contributed by atoms with Crippen LogP contribution in [0.3, 0.4) is 0 Å². The lowest BCUT2D eigenvalue weighted by atomic mass is 10.2. The molecule has 3 aromatic rings. The van der Waals surface area contributed by atoms with Gasteiger partial charge in [0.25, 0.3) is 5.91 Å². The molecule has 0 bridgehead atoms. The number of rotatable bonds is 7. The van der Waals surface area contributed by atoms with Gasteiger partial charge in [-0.15, -0.1) is 0 Å². The van der Waals surface area contributed by atoms with Crippen molar-refractivity contribution in [3.8, 4) is 11.5 Å². The summed E-state index contributed by atoms with van der Waals surface area (Å²) >= 11 is 0. The Balaban J connectivity index is 1.83. The lowest BCUT2D eigenvalue weighted by Crippen LogP contribution is -2.31. The average Bonchev–Trinajstić information content (AvgIpc) is 2.75. The van der Waals surface area contributed by atoms with Gasteiger partial charge in [-0.05, 0) is 37.3 Å². The largest absolute Gasteiger partial charge is 0.493 e. The number of carbonyl (C=O) groups is 1. The minimum atomic E-state index is -0.188. The zero-order chi connectivity index (χ0) is 19.9. The van der Waals surface area contributed by atoms with E-state index in [1.807, 2.05) is 43.3 Å². The van der Waals surface area contributed by atoms with Gasteiger partial charge in [0, 0.05) is 30.2 Å². The van der Waals surface area contributed by atoms with E-state index in [1.54, 1.807) is 43.5 Å². The third-order valence-electron chi connectivity index (χ3n) is 4.14. The molecule has 1 amide bonds. The van der Waals surface area contributed by atoms with E-state index in [4.69, 9.17) is 9.47 Å². The number of ether oxygens (including phenoxy) is 2. The second-order valence-corrected chi connectivity index (χ2v) is 5.85. The minimum absolute atomic E-state index is 0.188. The van der Waals surface area contributed by atoms with Gasteiger partial charge in [0.2, 0.25) is 5.95 Å². The van der Waals surface area contributed by atoms with E-state index < -0.39 is 0 Å². The van der Waals surface area contributed by atoms with Crippen LogP contribution in [-0.4, -0.2) is 36.6 Å². The summed E-state index contributed by atoms with van der Waals surface area (Å²) < 4.78 is 10.5. The molecule has 1 N–H and O–H groups in total. The van der Waals surface area contributed by atoms with Gasteiger partial charge >= 0.3 is 0 Å². The number of carbonyl (C=O) groups excluding carboxylic acids is 1. The number of benzene rings is 2. The number of aromatic nitrogens is 2. The first-order chi connectivity index (χ1) is 13.7. The lowest BCUT2D eigenvalue weighted by Gasteiger charge is -2.20. The maximum atomic E-state index is 12.9. The number of methoxy groups -OCH3 is 2. The van der Waals surface area contributed by atoms with Gasteiger partial charge in [-0.2, -0.15) is 0 Å². The highest BCUT2D eigenvalue weighted by Gasteiger charge is 2.18. The van der Waals surface area contributed by atoms with Crippen LogP contribution in [0.25, 0.3) is 0 Å². The normalized spacial score (nSPS) is 10.2. The van der Waals surface area contributed by atoms with Crippen molar-refractivity contribution in [2.75, 3.05) is 31.0 Å². The molecule has 0 atom stereocenters. The van der Waals surface area contributed by atoms with Crippen LogP contribution in [-0.2, 0) is 0 Å². The van der Waals surface area contributed by atoms with Crippen molar-refractivity contribution in [3.05, 3.63) is 66.5 Å². The summed E-state index contributed by atoms with van der Waals surface area (Å²) in [6, 6.07) is 16.5. The molecule has 7 heteroatoms. The Labute approximate surface area is 164 Å². The number of para-hydroxylation sites is 1. The maximum absolute atomic E-state index is 12.9. The summed E-state index contributed by atoms with van der Waals surface area (Å²) in [6.07, 6.45) is 1.56. The first-order valence-electron chi connectivity index (χ1n) is 8.85. The summed E-state index contributed by atoms with van der Waals surface area (Å²) in [7, 11) is 3.15. The zero-order valence-corrected chi connectivity index (χ0v) is 16.0. The molecule has 1 heterocycles. The van der Waals surface area contributed by atoms with Crippen LogP contribution < -0.4 is 19.7 Å². The van der Waals surface area contributed by atoms with Gasteiger partial charge in [0.15, 0.2) is 11.5 Å². The van der Waals surface area contributed by atoms with Crippen LogP contribution in [0, 0.1) is 0 Å². The van der Waals surface area contributed by atoms with Crippen molar-refractivity contribution >= 4 is 23.2 Å². The molecular weight excluding hydrogens is 356 g/mol. The summed E-state index contributed by atoms with van der Waals surface area (Å²) in [5.74, 6) is 1.34. The Hall–Kier alpha value is -3.61. The molecule has 1 aromatic heterocycles. The van der Waals surface area contributed by atoms with E-state index in [-0.39, 0.29) is 5.91 Å². The third-order valence-corrected chi connectivity index (χ3v) is 4.14. The fourth-order valence-corrected chi connectivity index (χ4v) is 2.77. The van der Waals surface area contributed by atoms with Gasteiger partial charge in [-0.25, -0.2) is 9.97 Å². The topological polar surface area (TPSA) is 76.6 Å². The van der Waals surface area contributed by atoms with Crippen LogP contribution in [0.4, 0.5) is 17.3 Å². The Kier molecular flexibility index (Phi) is 6.06. The number of amides is 1. The number of hydrogen-bond donors (Lipinski definition) is 1. The smallest absolute Gasteiger partial charge is 0.277 e. The molecule has 0 unspecified atom stereocenters. The minimum Gasteiger partial charge on any atom is -0.493 e. The summed E-state index contributed by atoms with van der Waals surface area (Å²) in [4.78, 5) is 23.2. The molecule has 0 aliphatic heterocycles. The highest BCUT2D eigenvalue weighted by atomic mass is 16.5. The number of nitrogens with one attached hydrogen (secondary N) is 1. The summed E-state index contributed by atoms with van der Waals surface area (Å²) in [5.41, 5.74) is 1.85. The molecule has 0 saturated carbocycles. The molecule has 0 spiro atoms. The molecule has 28 heavy (non-hydrogen) atoms. The average molecular weight is 378 g/mol. The monoisotopic (exact) mass is 378 g/mol. The van der Waals surface area contributed by atoms with Crippen LogP contribution >= 0.6 is 0 Å². The van der Waals surface area contributed by atoms with Gasteiger partial charge in [-0.3, -0.25) is 4.79 Å². The van der Waals surface area contributed by atoms with Crippen molar-refractivity contribution in [2.45, 2.75) is 6.92 Å².